The molecule has 0 fully saturated rings. The molecular formula is C14H14N4. The van der Waals surface area contributed by atoms with E-state index in [4.69, 9.17) is 5.73 Å². The molecule has 18 heavy (non-hydrogen) atoms. The van der Waals surface area contributed by atoms with Gasteiger partial charge in [-0.1, -0.05) is 18.2 Å². The van der Waals surface area contributed by atoms with Gasteiger partial charge in [0.05, 0.1) is 17.3 Å². The van der Waals surface area contributed by atoms with Gasteiger partial charge < -0.3 is 5.73 Å². The Morgan fingerprint density at radius 3 is 2.83 bits per heavy atom. The maximum absolute atomic E-state index is 6.20. The zero-order valence-electron chi connectivity index (χ0n) is 10.1. The van der Waals surface area contributed by atoms with Crippen molar-refractivity contribution in [3.8, 4) is 0 Å². The number of hydrogen-bond donors (Lipinski definition) is 1. The first kappa shape index (κ1) is 10.9. The van der Waals surface area contributed by atoms with Crippen molar-refractivity contribution in [1.82, 2.24) is 14.8 Å². The van der Waals surface area contributed by atoms with Gasteiger partial charge in [0.25, 0.3) is 0 Å². The molecule has 2 heterocycles. The molecular weight excluding hydrogens is 224 g/mol. The maximum Gasteiger partial charge on any atom is 0.0837 e. The number of fused-ring (bicyclic) bond motifs is 1. The van der Waals surface area contributed by atoms with E-state index in [0.29, 0.717) is 0 Å². The molecule has 0 bridgehead atoms. The fourth-order valence-electron chi connectivity index (χ4n) is 2.03. The first-order valence-corrected chi connectivity index (χ1v) is 5.84. The molecule has 0 radical (unpaired) electrons. The Bertz CT molecular complexity index is 687. The Hall–Kier alpha value is -2.20. The Labute approximate surface area is 105 Å². The van der Waals surface area contributed by atoms with Crippen molar-refractivity contribution in [3.05, 3.63) is 60.0 Å². The summed E-state index contributed by atoms with van der Waals surface area (Å²) in [5.41, 5.74) is 9.02. The van der Waals surface area contributed by atoms with Gasteiger partial charge in [-0.15, -0.1) is 0 Å². The molecule has 1 unspecified atom stereocenters. The van der Waals surface area contributed by atoms with E-state index < -0.39 is 0 Å². The summed E-state index contributed by atoms with van der Waals surface area (Å²) < 4.78 is 1.75. The van der Waals surface area contributed by atoms with Gasteiger partial charge in [0.2, 0.25) is 0 Å². The molecule has 4 heteroatoms. The highest BCUT2D eigenvalue weighted by atomic mass is 15.3. The Morgan fingerprint density at radius 2 is 2.06 bits per heavy atom. The van der Waals surface area contributed by atoms with E-state index >= 15 is 0 Å². The lowest BCUT2D eigenvalue weighted by molar-refractivity contribution is 0.715. The molecule has 3 aromatic rings. The first-order valence-electron chi connectivity index (χ1n) is 5.84. The summed E-state index contributed by atoms with van der Waals surface area (Å²) >= 11 is 0. The van der Waals surface area contributed by atoms with E-state index in [1.54, 1.807) is 4.68 Å². The molecule has 1 aromatic carbocycles. The highest BCUT2D eigenvalue weighted by molar-refractivity contribution is 5.78. The Morgan fingerprint density at radius 1 is 1.22 bits per heavy atom. The number of para-hydroxylation sites is 1. The first-order chi connectivity index (χ1) is 8.74. The number of pyridine rings is 1. The van der Waals surface area contributed by atoms with E-state index in [1.165, 1.54) is 0 Å². The van der Waals surface area contributed by atoms with Crippen molar-refractivity contribution in [1.29, 1.82) is 0 Å². The van der Waals surface area contributed by atoms with Crippen LogP contribution in [0.3, 0.4) is 0 Å². The lowest BCUT2D eigenvalue weighted by Crippen LogP contribution is -2.13. The highest BCUT2D eigenvalue weighted by Crippen LogP contribution is 2.20. The fourth-order valence-corrected chi connectivity index (χ4v) is 2.03. The normalized spacial score (nSPS) is 12.8. The predicted molar refractivity (Wildman–Crippen MR) is 71.0 cm³/mol. The van der Waals surface area contributed by atoms with Gasteiger partial charge in [-0.25, -0.2) is 0 Å². The zero-order chi connectivity index (χ0) is 12.5. The predicted octanol–water partition coefficient (Wildman–Crippen LogP) is 2.02. The summed E-state index contributed by atoms with van der Waals surface area (Å²) in [6, 6.07) is 11.8. The average molecular weight is 238 g/mol. The second-order valence-electron chi connectivity index (χ2n) is 4.35. The SMILES string of the molecule is Cn1ccc(C(N)c2cnc3ccccc3c2)n1. The average Bonchev–Trinajstić information content (AvgIpc) is 2.84. The lowest BCUT2D eigenvalue weighted by Gasteiger charge is -2.09. The third kappa shape index (κ3) is 1.87. The van der Waals surface area contributed by atoms with Gasteiger partial charge in [-0.05, 0) is 23.8 Å². The van der Waals surface area contributed by atoms with E-state index in [9.17, 15) is 0 Å². The van der Waals surface area contributed by atoms with Gasteiger partial charge in [-0.3, -0.25) is 9.67 Å². The Balaban J connectivity index is 2.03. The fraction of sp³-hybridized carbons (Fsp3) is 0.143. The summed E-state index contributed by atoms with van der Waals surface area (Å²) in [6.07, 6.45) is 3.71. The summed E-state index contributed by atoms with van der Waals surface area (Å²) in [5, 5.41) is 5.43. The summed E-state index contributed by atoms with van der Waals surface area (Å²) in [5.74, 6) is 0. The third-order valence-corrected chi connectivity index (χ3v) is 3.02. The summed E-state index contributed by atoms with van der Waals surface area (Å²) in [7, 11) is 1.88. The summed E-state index contributed by atoms with van der Waals surface area (Å²) in [6.45, 7) is 0. The minimum atomic E-state index is -0.233. The monoisotopic (exact) mass is 238 g/mol. The van der Waals surface area contributed by atoms with Gasteiger partial charge in [0, 0.05) is 24.8 Å². The smallest absolute Gasteiger partial charge is 0.0837 e. The van der Waals surface area contributed by atoms with Crippen LogP contribution in [-0.4, -0.2) is 14.8 Å². The molecule has 0 saturated heterocycles. The number of benzene rings is 1. The number of aryl methyl sites for hydroxylation is 1. The van der Waals surface area contributed by atoms with Crippen LogP contribution < -0.4 is 5.73 Å². The second-order valence-corrected chi connectivity index (χ2v) is 4.35. The summed E-state index contributed by atoms with van der Waals surface area (Å²) in [4.78, 5) is 4.42. The van der Waals surface area contributed by atoms with Crippen LogP contribution in [0.2, 0.25) is 0 Å². The van der Waals surface area contributed by atoms with Crippen molar-refractivity contribution in [3.63, 3.8) is 0 Å². The molecule has 90 valence electrons. The number of rotatable bonds is 2. The van der Waals surface area contributed by atoms with Crippen LogP contribution in [-0.2, 0) is 7.05 Å². The standard InChI is InChI=1S/C14H14N4/c1-18-7-6-13(17-18)14(15)11-8-10-4-2-3-5-12(10)16-9-11/h2-9,14H,15H2,1H3. The molecule has 0 aliphatic heterocycles. The van der Waals surface area contributed by atoms with E-state index in [2.05, 4.69) is 16.1 Å². The van der Waals surface area contributed by atoms with Gasteiger partial charge >= 0.3 is 0 Å². The topological polar surface area (TPSA) is 56.7 Å². The van der Waals surface area contributed by atoms with Crippen molar-refractivity contribution in [2.75, 3.05) is 0 Å². The van der Waals surface area contributed by atoms with Gasteiger partial charge in [0.1, 0.15) is 0 Å². The van der Waals surface area contributed by atoms with E-state index in [0.717, 1.165) is 22.2 Å². The zero-order valence-corrected chi connectivity index (χ0v) is 10.1. The van der Waals surface area contributed by atoms with Crippen LogP contribution in [0.25, 0.3) is 10.9 Å². The molecule has 3 rings (SSSR count). The minimum absolute atomic E-state index is 0.233. The molecule has 0 saturated carbocycles. The van der Waals surface area contributed by atoms with Crippen LogP contribution >= 0.6 is 0 Å². The van der Waals surface area contributed by atoms with Crippen LogP contribution in [0.15, 0.2) is 48.8 Å². The van der Waals surface area contributed by atoms with Crippen molar-refractivity contribution >= 4 is 10.9 Å². The van der Waals surface area contributed by atoms with Gasteiger partial charge in [-0.2, -0.15) is 5.10 Å². The molecule has 0 amide bonds. The Kier molecular flexibility index (Phi) is 2.57. The number of nitrogens with zero attached hydrogens (tertiary/aromatic N) is 3. The molecule has 1 atom stereocenters. The molecule has 2 N–H and O–H groups in total. The van der Waals surface area contributed by atoms with E-state index in [1.807, 2.05) is 49.8 Å². The number of hydrogen-bond acceptors (Lipinski definition) is 3. The highest BCUT2D eigenvalue weighted by Gasteiger charge is 2.12. The van der Waals surface area contributed by atoms with Crippen LogP contribution in [0.1, 0.15) is 17.3 Å². The number of nitrogens with two attached hydrogens (primary N) is 1. The van der Waals surface area contributed by atoms with Crippen LogP contribution in [0, 0.1) is 0 Å². The van der Waals surface area contributed by atoms with Crippen molar-refractivity contribution in [2.45, 2.75) is 6.04 Å². The van der Waals surface area contributed by atoms with Crippen molar-refractivity contribution < 1.29 is 0 Å². The molecule has 4 nitrogen and oxygen atoms in total. The third-order valence-electron chi connectivity index (χ3n) is 3.02. The number of aromatic nitrogens is 3. The quantitative estimate of drug-likeness (QED) is 0.743. The largest absolute Gasteiger partial charge is 0.319 e. The lowest BCUT2D eigenvalue weighted by atomic mass is 10.0. The molecule has 0 aliphatic carbocycles. The second kappa shape index (κ2) is 4.23. The molecule has 0 spiro atoms. The molecule has 0 aliphatic rings. The van der Waals surface area contributed by atoms with Crippen molar-refractivity contribution in [2.24, 2.45) is 12.8 Å². The minimum Gasteiger partial charge on any atom is -0.319 e. The van der Waals surface area contributed by atoms with E-state index in [-0.39, 0.29) is 6.04 Å². The van der Waals surface area contributed by atoms with Crippen LogP contribution in [0.5, 0.6) is 0 Å². The van der Waals surface area contributed by atoms with Crippen LogP contribution in [0.4, 0.5) is 0 Å². The maximum atomic E-state index is 6.20. The van der Waals surface area contributed by atoms with Gasteiger partial charge in [0.15, 0.2) is 0 Å². The molecule has 2 aromatic heterocycles.